The van der Waals surface area contributed by atoms with E-state index in [-0.39, 0.29) is 24.7 Å². The zero-order chi connectivity index (χ0) is 14.8. The lowest BCUT2D eigenvalue weighted by atomic mass is 10.2. The van der Waals surface area contributed by atoms with E-state index in [0.29, 0.717) is 13.1 Å². The van der Waals surface area contributed by atoms with E-state index < -0.39 is 0 Å². The van der Waals surface area contributed by atoms with E-state index in [1.165, 1.54) is 7.11 Å². The molecule has 0 aliphatic rings. The maximum atomic E-state index is 12.1. The highest BCUT2D eigenvalue weighted by molar-refractivity contribution is 5.81. The summed E-state index contributed by atoms with van der Waals surface area (Å²) in [7, 11) is 9.24. The van der Waals surface area contributed by atoms with Gasteiger partial charge in [-0.1, -0.05) is 0 Å². The molecule has 0 fully saturated rings. The zero-order valence-electron chi connectivity index (χ0n) is 12.8. The number of carbonyl (C=O) groups excluding carboxylic acids is 2. The second-order valence-corrected chi connectivity index (χ2v) is 5.06. The van der Waals surface area contributed by atoms with Crippen molar-refractivity contribution in [2.45, 2.75) is 12.8 Å². The SMILES string of the molecule is COC(=O)CCC(=O)N(CCN(C)C)CCN(C)C. The third-order valence-electron chi connectivity index (χ3n) is 2.76. The Labute approximate surface area is 116 Å². The van der Waals surface area contributed by atoms with E-state index in [0.717, 1.165) is 13.1 Å². The Hall–Kier alpha value is -1.14. The Balaban J connectivity index is 4.27. The monoisotopic (exact) mass is 273 g/mol. The molecule has 112 valence electrons. The van der Waals surface area contributed by atoms with Crippen molar-refractivity contribution in [3.05, 3.63) is 0 Å². The first-order chi connectivity index (χ1) is 8.86. The van der Waals surface area contributed by atoms with Crippen molar-refractivity contribution in [1.82, 2.24) is 14.7 Å². The standard InChI is InChI=1S/C13H27N3O3/c1-14(2)8-10-16(11-9-15(3)4)12(17)6-7-13(18)19-5/h6-11H2,1-5H3. The molecule has 0 rings (SSSR count). The van der Waals surface area contributed by atoms with E-state index in [2.05, 4.69) is 4.74 Å². The number of ether oxygens (including phenoxy) is 1. The molecule has 0 atom stereocenters. The minimum absolute atomic E-state index is 0.00843. The largest absolute Gasteiger partial charge is 0.469 e. The first kappa shape index (κ1) is 17.9. The van der Waals surface area contributed by atoms with Crippen molar-refractivity contribution in [1.29, 1.82) is 0 Å². The molecule has 19 heavy (non-hydrogen) atoms. The molecule has 0 bridgehead atoms. The van der Waals surface area contributed by atoms with Crippen LogP contribution in [0.3, 0.4) is 0 Å². The van der Waals surface area contributed by atoms with Gasteiger partial charge in [-0.25, -0.2) is 0 Å². The van der Waals surface area contributed by atoms with Crippen LogP contribution in [0.4, 0.5) is 0 Å². The maximum Gasteiger partial charge on any atom is 0.306 e. The number of methoxy groups -OCH3 is 1. The Morgan fingerprint density at radius 2 is 1.32 bits per heavy atom. The Bertz CT molecular complexity index is 268. The van der Waals surface area contributed by atoms with Gasteiger partial charge in [-0.15, -0.1) is 0 Å². The normalized spacial score (nSPS) is 10.9. The van der Waals surface area contributed by atoms with Crippen LogP contribution in [-0.2, 0) is 14.3 Å². The van der Waals surface area contributed by atoms with Crippen LogP contribution < -0.4 is 0 Å². The van der Waals surface area contributed by atoms with E-state index in [1.54, 1.807) is 0 Å². The summed E-state index contributed by atoms with van der Waals surface area (Å²) in [6.45, 7) is 3.00. The molecule has 0 saturated carbocycles. The van der Waals surface area contributed by atoms with Crippen LogP contribution in [0.5, 0.6) is 0 Å². The highest BCUT2D eigenvalue weighted by Crippen LogP contribution is 2.00. The fourth-order valence-electron chi connectivity index (χ4n) is 1.47. The summed E-state index contributed by atoms with van der Waals surface area (Å²) < 4.78 is 4.55. The van der Waals surface area contributed by atoms with Crippen LogP contribution in [0, 0.1) is 0 Å². The average molecular weight is 273 g/mol. The number of likely N-dealkylation sites (N-methyl/N-ethyl adjacent to an activating group) is 2. The molecule has 0 heterocycles. The van der Waals surface area contributed by atoms with Gasteiger partial charge in [-0.2, -0.15) is 0 Å². The quantitative estimate of drug-likeness (QED) is 0.549. The van der Waals surface area contributed by atoms with Gasteiger partial charge < -0.3 is 19.4 Å². The van der Waals surface area contributed by atoms with Crippen LogP contribution in [0.1, 0.15) is 12.8 Å². The third kappa shape index (κ3) is 9.44. The molecular formula is C13H27N3O3. The van der Waals surface area contributed by atoms with Crippen LogP contribution in [0.25, 0.3) is 0 Å². The predicted molar refractivity (Wildman–Crippen MR) is 74.9 cm³/mol. The molecule has 1 amide bonds. The molecule has 0 N–H and O–H groups in total. The van der Waals surface area contributed by atoms with Gasteiger partial charge in [0.1, 0.15) is 0 Å². The minimum atomic E-state index is -0.339. The summed E-state index contributed by atoms with van der Waals surface area (Å²) in [5, 5.41) is 0. The number of carbonyl (C=O) groups is 2. The number of nitrogens with zero attached hydrogens (tertiary/aromatic N) is 3. The van der Waals surface area contributed by atoms with Gasteiger partial charge in [0.25, 0.3) is 0 Å². The summed E-state index contributed by atoms with van der Waals surface area (Å²) in [6.07, 6.45) is 0.364. The molecule has 0 aliphatic carbocycles. The van der Waals surface area contributed by atoms with Gasteiger partial charge in [-0.3, -0.25) is 9.59 Å². The zero-order valence-corrected chi connectivity index (χ0v) is 12.8. The molecule has 0 aromatic heterocycles. The fourth-order valence-corrected chi connectivity index (χ4v) is 1.47. The summed E-state index contributed by atoms with van der Waals surface area (Å²) in [5.74, 6) is -0.331. The van der Waals surface area contributed by atoms with Crippen LogP contribution in [0.15, 0.2) is 0 Å². The Kier molecular flexibility index (Phi) is 9.16. The molecule has 6 heteroatoms. The second kappa shape index (κ2) is 9.75. The van der Waals surface area contributed by atoms with Crippen molar-refractivity contribution >= 4 is 11.9 Å². The maximum absolute atomic E-state index is 12.1. The molecule has 0 radical (unpaired) electrons. The van der Waals surface area contributed by atoms with Crippen molar-refractivity contribution in [2.24, 2.45) is 0 Å². The Morgan fingerprint density at radius 3 is 1.68 bits per heavy atom. The second-order valence-electron chi connectivity index (χ2n) is 5.06. The van der Waals surface area contributed by atoms with Crippen molar-refractivity contribution in [3.63, 3.8) is 0 Å². The fraction of sp³-hybridized carbons (Fsp3) is 0.846. The number of amides is 1. The predicted octanol–water partition coefficient (Wildman–Crippen LogP) is -0.109. The number of esters is 1. The van der Waals surface area contributed by atoms with Gasteiger partial charge in [0.15, 0.2) is 0 Å². The minimum Gasteiger partial charge on any atom is -0.469 e. The molecule has 0 aliphatic heterocycles. The van der Waals surface area contributed by atoms with E-state index >= 15 is 0 Å². The summed E-state index contributed by atoms with van der Waals surface area (Å²) in [5.41, 5.74) is 0. The van der Waals surface area contributed by atoms with Crippen LogP contribution in [0.2, 0.25) is 0 Å². The van der Waals surface area contributed by atoms with Gasteiger partial charge in [-0.05, 0) is 28.2 Å². The first-order valence-corrected chi connectivity index (χ1v) is 6.51. The third-order valence-corrected chi connectivity index (χ3v) is 2.76. The molecular weight excluding hydrogens is 246 g/mol. The first-order valence-electron chi connectivity index (χ1n) is 6.51. The lowest BCUT2D eigenvalue weighted by molar-refractivity contribution is -0.143. The summed E-state index contributed by atoms with van der Waals surface area (Å²) in [4.78, 5) is 29.0. The highest BCUT2D eigenvalue weighted by atomic mass is 16.5. The lowest BCUT2D eigenvalue weighted by Crippen LogP contribution is -2.40. The van der Waals surface area contributed by atoms with Crippen LogP contribution >= 0.6 is 0 Å². The average Bonchev–Trinajstić information content (AvgIpc) is 2.34. The van der Waals surface area contributed by atoms with E-state index in [4.69, 9.17) is 0 Å². The number of rotatable bonds is 9. The molecule has 0 unspecified atom stereocenters. The molecule has 0 aromatic carbocycles. The summed E-state index contributed by atoms with van der Waals surface area (Å²) >= 11 is 0. The highest BCUT2D eigenvalue weighted by Gasteiger charge is 2.15. The topological polar surface area (TPSA) is 53.1 Å². The van der Waals surface area contributed by atoms with Gasteiger partial charge in [0.2, 0.25) is 5.91 Å². The molecule has 0 aromatic rings. The van der Waals surface area contributed by atoms with Gasteiger partial charge >= 0.3 is 5.97 Å². The van der Waals surface area contributed by atoms with E-state index in [1.807, 2.05) is 42.9 Å². The van der Waals surface area contributed by atoms with Crippen molar-refractivity contribution in [3.8, 4) is 0 Å². The van der Waals surface area contributed by atoms with Crippen LogP contribution in [-0.4, -0.2) is 88.1 Å². The van der Waals surface area contributed by atoms with E-state index in [9.17, 15) is 9.59 Å². The summed E-state index contributed by atoms with van der Waals surface area (Å²) in [6, 6.07) is 0. The van der Waals surface area contributed by atoms with Gasteiger partial charge in [0, 0.05) is 32.6 Å². The Morgan fingerprint density at radius 1 is 0.842 bits per heavy atom. The van der Waals surface area contributed by atoms with Crippen molar-refractivity contribution < 1.29 is 14.3 Å². The van der Waals surface area contributed by atoms with Gasteiger partial charge in [0.05, 0.1) is 13.5 Å². The smallest absolute Gasteiger partial charge is 0.306 e. The molecule has 6 nitrogen and oxygen atoms in total. The number of hydrogen-bond acceptors (Lipinski definition) is 5. The molecule has 0 spiro atoms. The number of hydrogen-bond donors (Lipinski definition) is 0. The lowest BCUT2D eigenvalue weighted by Gasteiger charge is -2.25. The molecule has 0 saturated heterocycles. The van der Waals surface area contributed by atoms with Crippen molar-refractivity contribution in [2.75, 3.05) is 61.5 Å².